The number of carbonyl (C=O) groups is 1. The van der Waals surface area contributed by atoms with Crippen molar-refractivity contribution in [3.8, 4) is 0 Å². The molecule has 86 valence electrons. The lowest BCUT2D eigenvalue weighted by atomic mass is 9.77. The molecule has 0 saturated heterocycles. The monoisotopic (exact) mass is 330 g/mol. The Labute approximate surface area is 109 Å². The van der Waals surface area contributed by atoms with Crippen LogP contribution in [0, 0.1) is 3.57 Å². The number of carboxylic acid groups (broad SMARTS) is 1. The number of benzene rings is 1. The predicted molar refractivity (Wildman–Crippen MR) is 72.1 cm³/mol. The molecule has 1 aliphatic carbocycles. The van der Waals surface area contributed by atoms with Crippen LogP contribution in [0.1, 0.15) is 53.6 Å². The highest BCUT2D eigenvalue weighted by molar-refractivity contribution is 14.1. The lowest BCUT2D eigenvalue weighted by Crippen LogP contribution is -2.14. The average Bonchev–Trinajstić information content (AvgIpc) is 2.14. The van der Waals surface area contributed by atoms with Crippen LogP contribution in [-0.4, -0.2) is 11.1 Å². The maximum Gasteiger partial charge on any atom is 0.336 e. The van der Waals surface area contributed by atoms with Crippen LogP contribution in [0.4, 0.5) is 0 Å². The average molecular weight is 330 g/mol. The Bertz CT molecular complexity index is 422. The molecule has 1 saturated carbocycles. The maximum atomic E-state index is 11.2. The van der Waals surface area contributed by atoms with E-state index in [1.165, 1.54) is 24.8 Å². The van der Waals surface area contributed by atoms with E-state index in [2.05, 4.69) is 28.7 Å². The second-order valence-corrected chi connectivity index (χ2v) is 5.55. The number of carboxylic acids is 1. The topological polar surface area (TPSA) is 37.3 Å². The highest BCUT2D eigenvalue weighted by Gasteiger charge is 2.24. The normalized spacial score (nSPS) is 15.9. The van der Waals surface area contributed by atoms with Crippen LogP contribution < -0.4 is 0 Å². The van der Waals surface area contributed by atoms with E-state index in [-0.39, 0.29) is 0 Å². The molecule has 0 aliphatic heterocycles. The summed E-state index contributed by atoms with van der Waals surface area (Å²) < 4.78 is 1.04. The van der Waals surface area contributed by atoms with Crippen LogP contribution in [0.2, 0.25) is 0 Å². The summed E-state index contributed by atoms with van der Waals surface area (Å²) in [4.78, 5) is 11.2. The van der Waals surface area contributed by atoms with E-state index in [0.717, 1.165) is 15.6 Å². The fourth-order valence-corrected chi connectivity index (χ4v) is 2.97. The standard InChI is InChI=1S/C13H15IO2/c1-2-10-11(8-4-3-5-8)6-9(14)7-12(10)13(15)16/h6-8H,2-5H2,1H3,(H,15,16). The molecule has 0 atom stereocenters. The number of hydrogen-bond acceptors (Lipinski definition) is 1. The minimum absolute atomic E-state index is 0.497. The molecule has 1 aliphatic rings. The van der Waals surface area contributed by atoms with Crippen molar-refractivity contribution in [3.63, 3.8) is 0 Å². The second kappa shape index (κ2) is 4.73. The highest BCUT2D eigenvalue weighted by Crippen LogP contribution is 2.39. The van der Waals surface area contributed by atoms with Gasteiger partial charge in [-0.3, -0.25) is 0 Å². The van der Waals surface area contributed by atoms with Gasteiger partial charge in [0.15, 0.2) is 0 Å². The molecule has 0 heterocycles. The van der Waals surface area contributed by atoms with Gasteiger partial charge >= 0.3 is 5.97 Å². The van der Waals surface area contributed by atoms with Crippen molar-refractivity contribution in [2.75, 3.05) is 0 Å². The molecular formula is C13H15IO2. The van der Waals surface area contributed by atoms with Gasteiger partial charge in [-0.2, -0.15) is 0 Å². The van der Waals surface area contributed by atoms with E-state index in [0.29, 0.717) is 11.5 Å². The summed E-state index contributed by atoms with van der Waals surface area (Å²) in [5, 5.41) is 9.21. The number of halogens is 1. The van der Waals surface area contributed by atoms with Gasteiger partial charge in [-0.25, -0.2) is 4.79 Å². The Morgan fingerprint density at radius 1 is 1.50 bits per heavy atom. The van der Waals surface area contributed by atoms with Gasteiger partial charge in [-0.05, 0) is 71.0 Å². The molecule has 0 unspecified atom stereocenters. The fourth-order valence-electron chi connectivity index (χ4n) is 2.33. The van der Waals surface area contributed by atoms with Crippen molar-refractivity contribution < 1.29 is 9.90 Å². The molecule has 3 heteroatoms. The van der Waals surface area contributed by atoms with Crippen LogP contribution in [0.5, 0.6) is 0 Å². The van der Waals surface area contributed by atoms with Crippen LogP contribution in [0.15, 0.2) is 12.1 Å². The van der Waals surface area contributed by atoms with Crippen LogP contribution in [0.25, 0.3) is 0 Å². The molecule has 0 amide bonds. The van der Waals surface area contributed by atoms with Crippen molar-refractivity contribution in [1.82, 2.24) is 0 Å². The first-order valence-corrected chi connectivity index (χ1v) is 6.77. The Morgan fingerprint density at radius 3 is 2.62 bits per heavy atom. The molecule has 1 N–H and O–H groups in total. The molecule has 0 aromatic heterocycles. The number of aromatic carboxylic acids is 1. The van der Waals surface area contributed by atoms with Crippen LogP contribution in [0.3, 0.4) is 0 Å². The maximum absolute atomic E-state index is 11.2. The number of rotatable bonds is 3. The Kier molecular flexibility index (Phi) is 3.52. The third kappa shape index (κ3) is 2.10. The lowest BCUT2D eigenvalue weighted by Gasteiger charge is -2.28. The Balaban J connectivity index is 2.53. The van der Waals surface area contributed by atoms with Gasteiger partial charge in [-0.15, -0.1) is 0 Å². The van der Waals surface area contributed by atoms with Gasteiger partial charge in [0.1, 0.15) is 0 Å². The third-order valence-electron chi connectivity index (χ3n) is 3.38. The Morgan fingerprint density at radius 2 is 2.19 bits per heavy atom. The molecule has 1 aromatic carbocycles. The third-order valence-corrected chi connectivity index (χ3v) is 4.00. The summed E-state index contributed by atoms with van der Waals surface area (Å²) in [6.07, 6.45) is 4.52. The zero-order valence-electron chi connectivity index (χ0n) is 9.29. The van der Waals surface area contributed by atoms with E-state index in [9.17, 15) is 9.90 Å². The Hall–Kier alpha value is -0.580. The zero-order valence-corrected chi connectivity index (χ0v) is 11.5. The molecule has 1 fully saturated rings. The van der Waals surface area contributed by atoms with Gasteiger partial charge < -0.3 is 5.11 Å². The van der Waals surface area contributed by atoms with E-state index >= 15 is 0 Å². The molecule has 16 heavy (non-hydrogen) atoms. The summed E-state index contributed by atoms with van der Waals surface area (Å²) in [5.41, 5.74) is 2.81. The minimum Gasteiger partial charge on any atom is -0.478 e. The minimum atomic E-state index is -0.795. The summed E-state index contributed by atoms with van der Waals surface area (Å²) >= 11 is 2.21. The first kappa shape index (κ1) is 11.9. The van der Waals surface area contributed by atoms with E-state index < -0.39 is 5.97 Å². The van der Waals surface area contributed by atoms with Gasteiger partial charge in [0.25, 0.3) is 0 Å². The summed E-state index contributed by atoms with van der Waals surface area (Å²) in [6, 6.07) is 3.94. The summed E-state index contributed by atoms with van der Waals surface area (Å²) in [5.74, 6) is -0.196. The van der Waals surface area contributed by atoms with Crippen molar-refractivity contribution in [2.45, 2.75) is 38.5 Å². The van der Waals surface area contributed by atoms with Crippen molar-refractivity contribution in [1.29, 1.82) is 0 Å². The summed E-state index contributed by atoms with van der Waals surface area (Å²) in [7, 11) is 0. The predicted octanol–water partition coefficient (Wildman–Crippen LogP) is 3.82. The smallest absolute Gasteiger partial charge is 0.336 e. The quantitative estimate of drug-likeness (QED) is 0.856. The van der Waals surface area contributed by atoms with Crippen molar-refractivity contribution >= 4 is 28.6 Å². The van der Waals surface area contributed by atoms with Crippen LogP contribution in [-0.2, 0) is 6.42 Å². The molecular weight excluding hydrogens is 315 g/mol. The molecule has 2 rings (SSSR count). The van der Waals surface area contributed by atoms with E-state index in [1.807, 2.05) is 6.92 Å². The zero-order chi connectivity index (χ0) is 11.7. The van der Waals surface area contributed by atoms with Gasteiger partial charge in [-0.1, -0.05) is 13.3 Å². The second-order valence-electron chi connectivity index (χ2n) is 4.31. The van der Waals surface area contributed by atoms with Crippen molar-refractivity contribution in [2.24, 2.45) is 0 Å². The SMILES string of the molecule is CCc1c(C(=O)O)cc(I)cc1C1CCC1. The fraction of sp³-hybridized carbons (Fsp3) is 0.462. The van der Waals surface area contributed by atoms with E-state index in [4.69, 9.17) is 0 Å². The molecule has 0 bridgehead atoms. The van der Waals surface area contributed by atoms with Crippen LogP contribution >= 0.6 is 22.6 Å². The highest BCUT2D eigenvalue weighted by atomic mass is 127. The largest absolute Gasteiger partial charge is 0.478 e. The van der Waals surface area contributed by atoms with E-state index in [1.54, 1.807) is 6.07 Å². The molecule has 0 radical (unpaired) electrons. The van der Waals surface area contributed by atoms with Gasteiger partial charge in [0.2, 0.25) is 0 Å². The number of hydrogen-bond donors (Lipinski definition) is 1. The van der Waals surface area contributed by atoms with Crippen molar-refractivity contribution in [3.05, 3.63) is 32.4 Å². The molecule has 2 nitrogen and oxygen atoms in total. The summed E-state index contributed by atoms with van der Waals surface area (Å²) in [6.45, 7) is 2.04. The first-order chi connectivity index (χ1) is 7.63. The molecule has 0 spiro atoms. The van der Waals surface area contributed by atoms with Gasteiger partial charge in [0, 0.05) is 3.57 Å². The lowest BCUT2D eigenvalue weighted by molar-refractivity contribution is 0.0695. The van der Waals surface area contributed by atoms with Gasteiger partial charge in [0.05, 0.1) is 5.56 Å². The first-order valence-electron chi connectivity index (χ1n) is 5.69. The molecule has 1 aromatic rings.